The van der Waals surface area contributed by atoms with Crippen molar-refractivity contribution in [2.24, 2.45) is 0 Å². The van der Waals surface area contributed by atoms with Crippen LogP contribution in [0.4, 0.5) is 17.8 Å². The van der Waals surface area contributed by atoms with Crippen LogP contribution in [-0.4, -0.2) is 67.4 Å². The Morgan fingerprint density at radius 1 is 0.700 bits per heavy atom. The van der Waals surface area contributed by atoms with Gasteiger partial charge in [-0.15, -0.1) is 0 Å². The van der Waals surface area contributed by atoms with Crippen molar-refractivity contribution >= 4 is 56.5 Å². The SMILES string of the molecule is Nc1nc(N)nc(N)n1.O=P(O)(O)O.O=P(O)(O)O.[H-].[H-].[Mg+2]. The Kier molecular flexibility index (Phi) is 12.4. The molecule has 12 N–H and O–H groups in total. The summed E-state index contributed by atoms with van der Waals surface area (Å²) in [5, 5.41) is 0. The molecule has 17 heteroatoms. The number of rotatable bonds is 0. The fourth-order valence-electron chi connectivity index (χ4n) is 0.427. The van der Waals surface area contributed by atoms with E-state index in [0.29, 0.717) is 0 Å². The largest absolute Gasteiger partial charge is 2.00 e. The zero-order chi connectivity index (χ0) is 15.9. The van der Waals surface area contributed by atoms with E-state index in [9.17, 15) is 0 Å². The van der Waals surface area contributed by atoms with Gasteiger partial charge in [0.2, 0.25) is 17.8 Å². The van der Waals surface area contributed by atoms with Crippen LogP contribution in [-0.2, 0) is 9.13 Å². The zero-order valence-corrected chi connectivity index (χ0v) is 12.9. The molecule has 0 aliphatic heterocycles. The molecule has 14 nitrogen and oxygen atoms in total. The van der Waals surface area contributed by atoms with Gasteiger partial charge < -0.3 is 49.4 Å². The molecule has 0 aromatic carbocycles. The second kappa shape index (κ2) is 10.2. The summed E-state index contributed by atoms with van der Waals surface area (Å²) in [4.78, 5) is 53.6. The molecular formula is C3H14MgN6O8P2. The summed E-state index contributed by atoms with van der Waals surface area (Å²) in [5.74, 6) is 0.125. The van der Waals surface area contributed by atoms with Crippen LogP contribution in [0.2, 0.25) is 0 Å². The summed E-state index contributed by atoms with van der Waals surface area (Å²) >= 11 is 0. The molecule has 0 aliphatic carbocycles. The first-order chi connectivity index (χ1) is 8.18. The molecule has 0 spiro atoms. The standard InChI is InChI=1S/C3H6N6.Mg.2H3O4P.2H/c4-1-7-2(5)9-3(6)8-1;;2*1-5(2,3)4;;/h(H6,4,5,6,7,8,9);;2*(H3,1,2,3,4);;/q;+2;;;2*-1. The van der Waals surface area contributed by atoms with Gasteiger partial charge in [0.25, 0.3) is 0 Å². The molecule has 0 unspecified atom stereocenters. The van der Waals surface area contributed by atoms with E-state index in [0.717, 1.165) is 0 Å². The third kappa shape index (κ3) is 36.0. The summed E-state index contributed by atoms with van der Waals surface area (Å²) < 4.78 is 17.8. The van der Waals surface area contributed by atoms with Crippen molar-refractivity contribution in [3.63, 3.8) is 0 Å². The molecule has 1 heterocycles. The van der Waals surface area contributed by atoms with E-state index in [4.69, 9.17) is 55.7 Å². The predicted octanol–water partition coefficient (Wildman–Crippen LogP) is -3.39. The first kappa shape index (κ1) is 24.4. The van der Waals surface area contributed by atoms with Crippen LogP contribution in [0.3, 0.4) is 0 Å². The Morgan fingerprint density at radius 3 is 0.900 bits per heavy atom. The number of hydrogen-bond donors (Lipinski definition) is 9. The Hall–Kier alpha value is -0.604. The van der Waals surface area contributed by atoms with Crippen molar-refractivity contribution in [1.29, 1.82) is 0 Å². The van der Waals surface area contributed by atoms with E-state index < -0.39 is 15.6 Å². The maximum absolute atomic E-state index is 8.88. The number of nitrogens with two attached hydrogens (primary N) is 3. The van der Waals surface area contributed by atoms with Crippen LogP contribution >= 0.6 is 15.6 Å². The number of anilines is 3. The average molecular weight is 348 g/mol. The van der Waals surface area contributed by atoms with Crippen molar-refractivity contribution < 1.29 is 41.3 Å². The number of nitrogens with zero attached hydrogens (tertiary/aromatic N) is 3. The van der Waals surface area contributed by atoms with Crippen LogP contribution in [0.5, 0.6) is 0 Å². The van der Waals surface area contributed by atoms with Crippen molar-refractivity contribution in [2.45, 2.75) is 0 Å². The summed E-state index contributed by atoms with van der Waals surface area (Å²) in [6, 6.07) is 0. The van der Waals surface area contributed by atoms with Crippen molar-refractivity contribution in [3.8, 4) is 0 Å². The van der Waals surface area contributed by atoms with Gasteiger partial charge >= 0.3 is 38.7 Å². The van der Waals surface area contributed by atoms with E-state index >= 15 is 0 Å². The van der Waals surface area contributed by atoms with Gasteiger partial charge in [-0.05, 0) is 0 Å². The summed E-state index contributed by atoms with van der Waals surface area (Å²) in [6.45, 7) is 0. The fourth-order valence-corrected chi connectivity index (χ4v) is 0.427. The van der Waals surface area contributed by atoms with Crippen molar-refractivity contribution in [2.75, 3.05) is 17.2 Å². The molecule has 0 bridgehead atoms. The topological polar surface area (TPSA) is 272 Å². The minimum Gasteiger partial charge on any atom is -1.00 e. The van der Waals surface area contributed by atoms with E-state index in [1.54, 1.807) is 0 Å². The van der Waals surface area contributed by atoms with E-state index in [1.807, 2.05) is 0 Å². The third-order valence-electron chi connectivity index (χ3n) is 0.687. The molecule has 0 atom stereocenters. The van der Waals surface area contributed by atoms with E-state index in [-0.39, 0.29) is 43.8 Å². The van der Waals surface area contributed by atoms with Gasteiger partial charge in [-0.2, -0.15) is 15.0 Å². The zero-order valence-electron chi connectivity index (χ0n) is 11.7. The molecular weight excluding hydrogens is 334 g/mol. The molecule has 0 fully saturated rings. The van der Waals surface area contributed by atoms with Gasteiger partial charge in [0.15, 0.2) is 0 Å². The summed E-state index contributed by atoms with van der Waals surface area (Å²) in [6.07, 6.45) is 0. The van der Waals surface area contributed by atoms with Gasteiger partial charge in [0.05, 0.1) is 0 Å². The molecule has 0 saturated carbocycles. The number of aromatic nitrogens is 3. The number of hydrogen-bond acceptors (Lipinski definition) is 8. The maximum Gasteiger partial charge on any atom is 2.00 e. The molecule has 0 aliphatic rings. The molecule has 0 amide bonds. The molecule has 116 valence electrons. The predicted molar refractivity (Wildman–Crippen MR) is 69.6 cm³/mol. The first-order valence-electron chi connectivity index (χ1n) is 3.77. The van der Waals surface area contributed by atoms with Gasteiger partial charge in [-0.3, -0.25) is 0 Å². The monoisotopic (exact) mass is 348 g/mol. The average Bonchev–Trinajstić information content (AvgIpc) is 1.91. The Morgan fingerprint density at radius 2 is 0.800 bits per heavy atom. The normalized spacial score (nSPS) is 10.1. The number of phosphoric acid groups is 2. The second-order valence-corrected chi connectivity index (χ2v) is 4.49. The van der Waals surface area contributed by atoms with E-state index in [1.165, 1.54) is 0 Å². The second-order valence-electron chi connectivity index (χ2n) is 2.44. The van der Waals surface area contributed by atoms with E-state index in [2.05, 4.69) is 15.0 Å². The van der Waals surface area contributed by atoms with Crippen LogP contribution in [0.25, 0.3) is 0 Å². The Balaban J connectivity index is -0.0000000659. The van der Waals surface area contributed by atoms with Crippen molar-refractivity contribution in [3.05, 3.63) is 0 Å². The maximum atomic E-state index is 8.88. The van der Waals surface area contributed by atoms with Crippen LogP contribution in [0.15, 0.2) is 0 Å². The van der Waals surface area contributed by atoms with Gasteiger partial charge in [0.1, 0.15) is 0 Å². The molecule has 0 radical (unpaired) electrons. The molecule has 1 rings (SSSR count). The van der Waals surface area contributed by atoms with Gasteiger partial charge in [-0.1, -0.05) is 0 Å². The Labute approximate surface area is 130 Å². The Bertz CT molecular complexity index is 412. The van der Waals surface area contributed by atoms with Crippen LogP contribution < -0.4 is 17.2 Å². The first-order valence-corrected chi connectivity index (χ1v) is 6.90. The minimum atomic E-state index is -4.64. The van der Waals surface area contributed by atoms with Crippen molar-refractivity contribution in [1.82, 2.24) is 15.0 Å². The van der Waals surface area contributed by atoms with Gasteiger partial charge in [0, 0.05) is 0 Å². The molecule has 1 aromatic rings. The fraction of sp³-hybridized carbons (Fsp3) is 0. The molecule has 20 heavy (non-hydrogen) atoms. The molecule has 1 aromatic heterocycles. The summed E-state index contributed by atoms with van der Waals surface area (Å²) in [5.41, 5.74) is 15.4. The third-order valence-corrected chi connectivity index (χ3v) is 0.687. The molecule has 0 saturated heterocycles. The smallest absolute Gasteiger partial charge is 1.00 e. The summed E-state index contributed by atoms with van der Waals surface area (Å²) in [7, 11) is -9.28. The quantitative estimate of drug-likeness (QED) is 0.163. The number of nitrogen functional groups attached to an aromatic ring is 3. The van der Waals surface area contributed by atoms with Gasteiger partial charge in [-0.25, -0.2) is 9.13 Å². The minimum absolute atomic E-state index is 0. The van der Waals surface area contributed by atoms with Crippen LogP contribution in [0.1, 0.15) is 2.85 Å². The van der Waals surface area contributed by atoms with Crippen LogP contribution in [0, 0.1) is 0 Å².